The van der Waals surface area contributed by atoms with Crippen molar-refractivity contribution in [1.29, 1.82) is 0 Å². The van der Waals surface area contributed by atoms with Crippen LogP contribution in [0.1, 0.15) is 153 Å². The summed E-state index contributed by atoms with van der Waals surface area (Å²) >= 11 is 0. The molecular weight excluding hydrogens is 976 g/mol. The van der Waals surface area contributed by atoms with E-state index in [2.05, 4.69) is 75.5 Å². The van der Waals surface area contributed by atoms with Crippen molar-refractivity contribution >= 4 is 27.9 Å². The summed E-state index contributed by atoms with van der Waals surface area (Å²) in [7, 11) is 1.61. The van der Waals surface area contributed by atoms with Gasteiger partial charge in [0.2, 0.25) is 0 Å². The number of ether oxygens (including phenoxy) is 3. The number of halogens is 3. The lowest BCUT2D eigenvalue weighted by molar-refractivity contribution is -0.137. The Morgan fingerprint density at radius 2 is 1.29 bits per heavy atom. The first-order chi connectivity index (χ1) is 37.8. The highest BCUT2D eigenvalue weighted by Gasteiger charge is 2.47. The van der Waals surface area contributed by atoms with E-state index in [9.17, 15) is 18.0 Å². The first-order valence-corrected chi connectivity index (χ1v) is 28.0. The SMILES string of the molecule is CCCCCC1CCC(c2ccc(-c3ccc(C(=O)Nc4ccc(C5=CC(c6ccc(OC)cc6)(c6ccc(OCCCC)cc6)Oc6c5c5c(c7ccc(C(F)(F)F)cc67)-c6ccccc6C5(C)C)cc4)cc3)cc2)CC1. The van der Waals surface area contributed by atoms with Gasteiger partial charge in [0, 0.05) is 38.7 Å². The van der Waals surface area contributed by atoms with E-state index in [0.29, 0.717) is 57.4 Å². The molecule has 0 spiro atoms. The van der Waals surface area contributed by atoms with E-state index < -0.39 is 22.8 Å². The molecule has 1 N–H and O–H groups in total. The molecule has 8 heteroatoms. The molecule has 1 amide bonds. The summed E-state index contributed by atoms with van der Waals surface area (Å²) in [4.78, 5) is 14.0. The van der Waals surface area contributed by atoms with Crippen molar-refractivity contribution in [2.45, 2.75) is 115 Å². The minimum atomic E-state index is -4.62. The van der Waals surface area contributed by atoms with Crippen LogP contribution in [0.5, 0.6) is 17.2 Å². The van der Waals surface area contributed by atoms with E-state index in [-0.39, 0.29) is 5.91 Å². The van der Waals surface area contributed by atoms with Crippen molar-refractivity contribution in [1.82, 2.24) is 0 Å². The second-order valence-corrected chi connectivity index (χ2v) is 22.2. The molecule has 2 aliphatic carbocycles. The molecule has 0 saturated heterocycles. The minimum Gasteiger partial charge on any atom is -0.497 e. The number of fused-ring (bicyclic) bond motifs is 8. The molecule has 1 fully saturated rings. The molecule has 11 rings (SSSR count). The molecule has 0 aromatic heterocycles. The fourth-order valence-electron chi connectivity index (χ4n) is 12.6. The molecule has 5 nitrogen and oxygen atoms in total. The highest BCUT2D eigenvalue weighted by molar-refractivity contribution is 6.11. The Morgan fingerprint density at radius 1 is 0.667 bits per heavy atom. The second-order valence-electron chi connectivity index (χ2n) is 22.2. The summed E-state index contributed by atoms with van der Waals surface area (Å²) in [5.74, 6) is 2.96. The van der Waals surface area contributed by atoms with Gasteiger partial charge in [-0.15, -0.1) is 0 Å². The predicted molar refractivity (Wildman–Crippen MR) is 310 cm³/mol. The van der Waals surface area contributed by atoms with Gasteiger partial charge in [0.15, 0.2) is 5.60 Å². The molecule has 1 heterocycles. The number of carbonyl (C=O) groups excluding carboxylic acids is 1. The summed E-state index contributed by atoms with van der Waals surface area (Å²) in [6, 6.07) is 52.1. The third-order valence-electron chi connectivity index (χ3n) is 16.9. The van der Waals surface area contributed by atoms with Crippen LogP contribution in [0.2, 0.25) is 0 Å². The van der Waals surface area contributed by atoms with E-state index in [1.807, 2.05) is 109 Å². The van der Waals surface area contributed by atoms with E-state index in [1.165, 1.54) is 69.1 Å². The molecule has 1 aliphatic heterocycles. The summed E-state index contributed by atoms with van der Waals surface area (Å²) in [6.45, 7) is 9.32. The number of carbonyl (C=O) groups is 1. The van der Waals surface area contributed by atoms with Gasteiger partial charge in [-0.1, -0.05) is 163 Å². The van der Waals surface area contributed by atoms with Crippen molar-refractivity contribution in [3.8, 4) is 39.5 Å². The molecule has 8 aromatic carbocycles. The quantitative estimate of drug-likeness (QED) is 0.0980. The highest BCUT2D eigenvalue weighted by atomic mass is 19.4. The highest BCUT2D eigenvalue weighted by Crippen LogP contribution is 2.61. The van der Waals surface area contributed by atoms with Crippen molar-refractivity contribution in [3.05, 3.63) is 220 Å². The Labute approximate surface area is 457 Å². The van der Waals surface area contributed by atoms with Crippen LogP contribution in [0.15, 0.2) is 170 Å². The number of methoxy groups -OCH3 is 1. The second kappa shape index (κ2) is 21.7. The molecule has 0 bridgehead atoms. The van der Waals surface area contributed by atoms with Crippen LogP contribution in [0.3, 0.4) is 0 Å². The molecule has 1 atom stereocenters. The number of alkyl halides is 3. The van der Waals surface area contributed by atoms with E-state index in [1.54, 1.807) is 13.2 Å². The van der Waals surface area contributed by atoms with Crippen molar-refractivity contribution < 1.29 is 32.2 Å². The molecule has 0 radical (unpaired) electrons. The van der Waals surface area contributed by atoms with E-state index in [4.69, 9.17) is 14.2 Å². The van der Waals surface area contributed by atoms with Gasteiger partial charge in [-0.2, -0.15) is 13.2 Å². The van der Waals surface area contributed by atoms with Crippen molar-refractivity contribution in [3.63, 3.8) is 0 Å². The maximum absolute atomic E-state index is 15.0. The lowest BCUT2D eigenvalue weighted by Crippen LogP contribution is -2.36. The zero-order valence-electron chi connectivity index (χ0n) is 45.4. The Bertz CT molecular complexity index is 3480. The first-order valence-electron chi connectivity index (χ1n) is 28.0. The van der Waals surface area contributed by atoms with Crippen LogP contribution < -0.4 is 19.5 Å². The third kappa shape index (κ3) is 9.99. The van der Waals surface area contributed by atoms with Gasteiger partial charge in [-0.25, -0.2) is 0 Å². The van der Waals surface area contributed by atoms with Gasteiger partial charge < -0.3 is 19.5 Å². The third-order valence-corrected chi connectivity index (χ3v) is 16.9. The largest absolute Gasteiger partial charge is 0.497 e. The fourth-order valence-corrected chi connectivity index (χ4v) is 12.6. The lowest BCUT2D eigenvalue weighted by atomic mass is 9.73. The van der Waals surface area contributed by atoms with Gasteiger partial charge in [0.05, 0.1) is 19.3 Å². The summed E-state index contributed by atoms with van der Waals surface area (Å²) in [6.07, 6.45) is 9.94. The Morgan fingerprint density at radius 3 is 1.94 bits per heavy atom. The molecule has 78 heavy (non-hydrogen) atoms. The van der Waals surface area contributed by atoms with Gasteiger partial charge in [0.25, 0.3) is 5.91 Å². The zero-order chi connectivity index (χ0) is 54.2. The number of hydrogen-bond acceptors (Lipinski definition) is 4. The van der Waals surface area contributed by atoms with Gasteiger partial charge >= 0.3 is 6.18 Å². The zero-order valence-corrected chi connectivity index (χ0v) is 45.4. The Hall–Kier alpha value is -7.58. The van der Waals surface area contributed by atoms with E-state index >= 15 is 0 Å². The van der Waals surface area contributed by atoms with Crippen molar-refractivity contribution in [2.24, 2.45) is 5.92 Å². The first kappa shape index (κ1) is 52.5. The van der Waals surface area contributed by atoms with Crippen molar-refractivity contribution in [2.75, 3.05) is 19.0 Å². The van der Waals surface area contributed by atoms with Crippen LogP contribution in [0.25, 0.3) is 38.6 Å². The lowest BCUT2D eigenvalue weighted by Gasteiger charge is -2.41. The maximum atomic E-state index is 15.0. The molecule has 3 aliphatic rings. The average molecular weight is 1040 g/mol. The summed E-state index contributed by atoms with van der Waals surface area (Å²) in [5, 5.41) is 4.15. The van der Waals surface area contributed by atoms with Crippen LogP contribution in [0.4, 0.5) is 18.9 Å². The van der Waals surface area contributed by atoms with Gasteiger partial charge in [-0.3, -0.25) is 4.79 Å². The van der Waals surface area contributed by atoms with Crippen LogP contribution in [0, 0.1) is 5.92 Å². The number of rotatable bonds is 16. The molecular formula is C70H68F3NO4. The number of nitrogens with one attached hydrogen (secondary N) is 1. The summed E-state index contributed by atoms with van der Waals surface area (Å²) in [5.41, 5.74) is 9.67. The Balaban J connectivity index is 0.967. The average Bonchev–Trinajstić information content (AvgIpc) is 3.90. The minimum absolute atomic E-state index is 0.240. The molecule has 8 aromatic rings. The standard InChI is InChI=1S/C70H68F3NO4/c1-6-8-10-13-45-16-18-46(19-17-45)47-20-22-48(23-21-47)49-24-26-51(27-25-49)67(75)74-55-35-28-50(29-36-55)61-44-69(52-30-37-56(76-5)38-31-52,53-32-39-57(40-33-53)77-42-9-7-2)78-66-60-43-54(70(71,72)73)34-41-58(60)63-59-14-11-12-15-62(59)68(3,4)65(63)64(61)66/h11-12,14-15,20-41,43-46H,6-10,13,16-19,42H2,1-5H3,(H,74,75). The number of benzene rings is 8. The molecule has 398 valence electrons. The van der Waals surface area contributed by atoms with Crippen LogP contribution in [-0.2, 0) is 17.2 Å². The maximum Gasteiger partial charge on any atom is 0.416 e. The predicted octanol–water partition coefficient (Wildman–Crippen LogP) is 18.9. The topological polar surface area (TPSA) is 56.8 Å². The smallest absolute Gasteiger partial charge is 0.416 e. The number of unbranched alkanes of at least 4 members (excludes halogenated alkanes) is 3. The van der Waals surface area contributed by atoms with Crippen LogP contribution in [-0.4, -0.2) is 19.6 Å². The van der Waals surface area contributed by atoms with Gasteiger partial charge in [-0.05, 0) is 166 Å². The molecule has 1 unspecified atom stereocenters. The van der Waals surface area contributed by atoms with E-state index in [0.717, 1.165) is 74.4 Å². The number of anilines is 1. The normalized spacial score (nSPS) is 18.3. The Kier molecular flexibility index (Phi) is 14.6. The monoisotopic (exact) mass is 1040 g/mol. The summed E-state index contributed by atoms with van der Waals surface area (Å²) < 4.78 is 64.2. The number of amides is 1. The fraction of sp³-hybridized carbons (Fsp3) is 0.300. The van der Waals surface area contributed by atoms with Crippen LogP contribution >= 0.6 is 0 Å². The molecule has 1 saturated carbocycles. The number of hydrogen-bond donors (Lipinski definition) is 1. The van der Waals surface area contributed by atoms with Gasteiger partial charge in [0.1, 0.15) is 17.2 Å².